The molecule has 1 fully saturated rings. The van der Waals surface area contributed by atoms with E-state index in [1.807, 2.05) is 54.6 Å². The molecule has 0 aliphatic carbocycles. The van der Waals surface area contributed by atoms with Gasteiger partial charge < -0.3 is 10.2 Å². The maximum Gasteiger partial charge on any atom is 0.230 e. The van der Waals surface area contributed by atoms with Gasteiger partial charge >= 0.3 is 0 Å². The molecule has 1 heterocycles. The summed E-state index contributed by atoms with van der Waals surface area (Å²) in [5, 5.41) is 2.93. The fourth-order valence-corrected chi connectivity index (χ4v) is 3.38. The molecular formula is C18H17BrN2O2. The van der Waals surface area contributed by atoms with E-state index in [4.69, 9.17) is 0 Å². The van der Waals surface area contributed by atoms with Gasteiger partial charge in [0.15, 0.2) is 0 Å². The highest BCUT2D eigenvalue weighted by atomic mass is 79.9. The van der Waals surface area contributed by atoms with Crippen LogP contribution in [0.1, 0.15) is 18.0 Å². The lowest BCUT2D eigenvalue weighted by Crippen LogP contribution is -2.30. The van der Waals surface area contributed by atoms with E-state index >= 15 is 0 Å². The zero-order valence-corrected chi connectivity index (χ0v) is 14.3. The summed E-state index contributed by atoms with van der Waals surface area (Å²) in [5.41, 5.74) is 1.69. The Morgan fingerprint density at radius 3 is 2.48 bits per heavy atom. The smallest absolute Gasteiger partial charge is 0.230 e. The number of benzene rings is 2. The van der Waals surface area contributed by atoms with Crippen molar-refractivity contribution in [2.75, 3.05) is 12.4 Å². The summed E-state index contributed by atoms with van der Waals surface area (Å²) in [5.74, 6) is -0.545. The van der Waals surface area contributed by atoms with E-state index in [9.17, 15) is 9.59 Å². The summed E-state index contributed by atoms with van der Waals surface area (Å²) in [4.78, 5) is 26.5. The number of nitrogens with one attached hydrogen (secondary N) is 1. The van der Waals surface area contributed by atoms with Gasteiger partial charge in [0.25, 0.3) is 0 Å². The van der Waals surface area contributed by atoms with Gasteiger partial charge in [0.2, 0.25) is 11.8 Å². The molecule has 118 valence electrons. The van der Waals surface area contributed by atoms with Crippen molar-refractivity contribution in [3.05, 3.63) is 64.6 Å². The lowest BCUT2D eigenvalue weighted by atomic mass is 9.93. The van der Waals surface area contributed by atoms with Gasteiger partial charge in [-0.3, -0.25) is 9.59 Å². The van der Waals surface area contributed by atoms with Gasteiger partial charge in [0.05, 0.1) is 17.6 Å². The van der Waals surface area contributed by atoms with Crippen LogP contribution in [0.5, 0.6) is 0 Å². The molecule has 0 saturated carbocycles. The number of carbonyl (C=O) groups is 2. The minimum atomic E-state index is -0.401. The Kier molecular flexibility index (Phi) is 4.48. The lowest BCUT2D eigenvalue weighted by molar-refractivity contribution is -0.127. The first-order valence-electron chi connectivity index (χ1n) is 7.44. The molecule has 1 N–H and O–H groups in total. The predicted molar refractivity (Wildman–Crippen MR) is 92.8 cm³/mol. The molecular weight excluding hydrogens is 356 g/mol. The number of nitrogens with zero attached hydrogens (tertiary/aromatic N) is 1. The van der Waals surface area contributed by atoms with E-state index in [0.717, 1.165) is 10.0 Å². The fourth-order valence-electron chi connectivity index (χ4n) is 3.00. The van der Waals surface area contributed by atoms with Crippen molar-refractivity contribution in [3.63, 3.8) is 0 Å². The van der Waals surface area contributed by atoms with E-state index in [2.05, 4.69) is 21.2 Å². The molecule has 1 saturated heterocycles. The summed E-state index contributed by atoms with van der Waals surface area (Å²) in [7, 11) is 1.76. The number of hydrogen-bond acceptors (Lipinski definition) is 2. The largest absolute Gasteiger partial charge is 0.338 e. The van der Waals surface area contributed by atoms with E-state index in [-0.39, 0.29) is 24.3 Å². The van der Waals surface area contributed by atoms with Crippen LogP contribution in [0, 0.1) is 5.92 Å². The summed E-state index contributed by atoms with van der Waals surface area (Å²) in [6, 6.07) is 16.9. The molecule has 4 nitrogen and oxygen atoms in total. The van der Waals surface area contributed by atoms with Crippen LogP contribution in [0.2, 0.25) is 0 Å². The summed E-state index contributed by atoms with van der Waals surface area (Å²) >= 11 is 3.43. The number of amides is 2. The minimum Gasteiger partial charge on any atom is -0.338 e. The molecule has 0 bridgehead atoms. The number of carbonyl (C=O) groups excluding carboxylic acids is 2. The minimum absolute atomic E-state index is 0.00821. The van der Waals surface area contributed by atoms with Crippen LogP contribution in [0.3, 0.4) is 0 Å². The molecule has 5 heteroatoms. The van der Waals surface area contributed by atoms with Crippen LogP contribution < -0.4 is 5.32 Å². The Bertz CT molecular complexity index is 733. The Morgan fingerprint density at radius 2 is 1.78 bits per heavy atom. The molecule has 2 aromatic carbocycles. The monoisotopic (exact) mass is 372 g/mol. The fraction of sp³-hybridized carbons (Fsp3) is 0.222. The Morgan fingerprint density at radius 1 is 1.13 bits per heavy atom. The van der Waals surface area contributed by atoms with Gasteiger partial charge in [-0.25, -0.2) is 0 Å². The molecule has 2 amide bonds. The predicted octanol–water partition coefficient (Wildman–Crippen LogP) is 3.61. The highest BCUT2D eigenvalue weighted by Gasteiger charge is 2.42. The summed E-state index contributed by atoms with van der Waals surface area (Å²) < 4.78 is 0.822. The highest BCUT2D eigenvalue weighted by molar-refractivity contribution is 9.10. The second-order valence-corrected chi connectivity index (χ2v) is 6.49. The van der Waals surface area contributed by atoms with Crippen molar-refractivity contribution < 1.29 is 9.59 Å². The third-order valence-electron chi connectivity index (χ3n) is 4.20. The van der Waals surface area contributed by atoms with Crippen molar-refractivity contribution in [2.24, 2.45) is 5.92 Å². The molecule has 0 spiro atoms. The number of likely N-dealkylation sites (tertiary alicyclic amines) is 1. The molecule has 3 rings (SSSR count). The maximum atomic E-state index is 12.7. The number of anilines is 1. The zero-order chi connectivity index (χ0) is 16.4. The molecule has 0 radical (unpaired) electrons. The SMILES string of the molecule is CN1C(=O)CC(C(=O)Nc2ccccc2Br)C1c1ccccc1. The van der Waals surface area contributed by atoms with Gasteiger partial charge in [0, 0.05) is 17.9 Å². The lowest BCUT2D eigenvalue weighted by Gasteiger charge is -2.25. The molecule has 2 unspecified atom stereocenters. The summed E-state index contributed by atoms with van der Waals surface area (Å²) in [6.45, 7) is 0. The maximum absolute atomic E-state index is 12.7. The molecule has 1 aliphatic rings. The first kappa shape index (κ1) is 15.7. The Hall–Kier alpha value is -2.14. The second kappa shape index (κ2) is 6.54. The van der Waals surface area contributed by atoms with Crippen molar-refractivity contribution in [1.29, 1.82) is 0 Å². The van der Waals surface area contributed by atoms with Crippen LogP contribution in [-0.4, -0.2) is 23.8 Å². The van der Waals surface area contributed by atoms with E-state index in [1.54, 1.807) is 11.9 Å². The van der Waals surface area contributed by atoms with Gasteiger partial charge in [-0.1, -0.05) is 42.5 Å². The van der Waals surface area contributed by atoms with Gasteiger partial charge in [-0.05, 0) is 33.6 Å². The van der Waals surface area contributed by atoms with E-state index in [1.165, 1.54) is 0 Å². The van der Waals surface area contributed by atoms with Crippen molar-refractivity contribution in [3.8, 4) is 0 Å². The normalized spacial score (nSPS) is 20.6. The van der Waals surface area contributed by atoms with Crippen molar-refractivity contribution in [2.45, 2.75) is 12.5 Å². The van der Waals surface area contributed by atoms with E-state index in [0.29, 0.717) is 5.69 Å². The standard InChI is InChI=1S/C18H17BrN2O2/c1-21-16(22)11-13(17(21)12-7-3-2-4-8-12)18(23)20-15-10-6-5-9-14(15)19/h2-10,13,17H,11H2,1H3,(H,20,23). The van der Waals surface area contributed by atoms with Crippen LogP contribution in [0.15, 0.2) is 59.1 Å². The third kappa shape index (κ3) is 3.15. The average Bonchev–Trinajstić information content (AvgIpc) is 2.86. The van der Waals surface area contributed by atoms with Crippen LogP contribution in [-0.2, 0) is 9.59 Å². The van der Waals surface area contributed by atoms with Gasteiger partial charge in [0.1, 0.15) is 0 Å². The molecule has 23 heavy (non-hydrogen) atoms. The number of rotatable bonds is 3. The highest BCUT2D eigenvalue weighted by Crippen LogP contribution is 2.37. The zero-order valence-electron chi connectivity index (χ0n) is 12.7. The number of para-hydroxylation sites is 1. The number of halogens is 1. The molecule has 2 aromatic rings. The van der Waals surface area contributed by atoms with Crippen LogP contribution >= 0.6 is 15.9 Å². The van der Waals surface area contributed by atoms with Crippen molar-refractivity contribution >= 4 is 33.4 Å². The molecule has 0 aromatic heterocycles. The topological polar surface area (TPSA) is 49.4 Å². The number of hydrogen-bond donors (Lipinski definition) is 1. The van der Waals surface area contributed by atoms with Crippen molar-refractivity contribution in [1.82, 2.24) is 4.90 Å². The van der Waals surface area contributed by atoms with E-state index < -0.39 is 5.92 Å². The van der Waals surface area contributed by atoms with Gasteiger partial charge in [-0.2, -0.15) is 0 Å². The average molecular weight is 373 g/mol. The van der Waals surface area contributed by atoms with Gasteiger partial charge in [-0.15, -0.1) is 0 Å². The quantitative estimate of drug-likeness (QED) is 0.894. The Labute approximate surface area is 143 Å². The van der Waals surface area contributed by atoms with Crippen LogP contribution in [0.25, 0.3) is 0 Å². The molecule has 2 atom stereocenters. The summed E-state index contributed by atoms with van der Waals surface area (Å²) in [6.07, 6.45) is 0.229. The second-order valence-electron chi connectivity index (χ2n) is 5.64. The molecule has 1 aliphatic heterocycles. The van der Waals surface area contributed by atoms with Crippen LogP contribution in [0.4, 0.5) is 5.69 Å². The third-order valence-corrected chi connectivity index (χ3v) is 4.89. The first-order chi connectivity index (χ1) is 11.1. The Balaban J connectivity index is 1.86. The first-order valence-corrected chi connectivity index (χ1v) is 8.23.